The molecular weight excluding hydrogens is 206 g/mol. The van der Waals surface area contributed by atoms with Gasteiger partial charge in [0.25, 0.3) is 0 Å². The third kappa shape index (κ3) is 2.69. The quantitative estimate of drug-likeness (QED) is 0.668. The molecule has 1 rings (SSSR count). The minimum atomic E-state index is -0.812. The van der Waals surface area contributed by atoms with Crippen LogP contribution in [0.25, 0.3) is 0 Å². The van der Waals surface area contributed by atoms with Gasteiger partial charge in [-0.05, 0) is 32.9 Å². The lowest BCUT2D eigenvalue weighted by Crippen LogP contribution is -2.48. The number of Topliss-reactive ketones (excluding diaryl/α,β-unsaturated/α-hetero) is 1. The first kappa shape index (κ1) is 11.5. The number of carbonyl (C=O) groups is 2. The van der Waals surface area contributed by atoms with Crippen LogP contribution in [0.5, 0.6) is 0 Å². The van der Waals surface area contributed by atoms with Gasteiger partial charge in [0.05, 0.1) is 0 Å². The van der Waals surface area contributed by atoms with Crippen LogP contribution in [-0.2, 0) is 13.9 Å². The first-order chi connectivity index (χ1) is 6.66. The molecule has 80 valence electrons. The minimum absolute atomic E-state index is 0.211. The average molecular weight is 220 g/mol. The number of piperidine rings is 1. The van der Waals surface area contributed by atoms with E-state index in [1.54, 1.807) is 0 Å². The van der Waals surface area contributed by atoms with Crippen molar-refractivity contribution in [2.45, 2.75) is 32.2 Å². The van der Waals surface area contributed by atoms with Crippen LogP contribution in [0.1, 0.15) is 26.2 Å². The molecule has 1 saturated heterocycles. The molecule has 0 aromatic rings. The molecule has 0 aliphatic carbocycles. The number of nitrogens with zero attached hydrogens (tertiary/aromatic N) is 1. The Morgan fingerprint density at radius 3 is 2.29 bits per heavy atom. The molecule has 0 bridgehead atoms. The summed E-state index contributed by atoms with van der Waals surface area (Å²) in [6, 6.07) is -0.812. The summed E-state index contributed by atoms with van der Waals surface area (Å²) >= 11 is 4.98. The van der Waals surface area contributed by atoms with Crippen LogP contribution in [0.2, 0.25) is 0 Å². The number of ketones is 1. The Bertz CT molecular complexity index is 226. The first-order valence-corrected chi connectivity index (χ1v) is 5.04. The maximum absolute atomic E-state index is 11.2. The summed E-state index contributed by atoms with van der Waals surface area (Å²) in [5.74, 6) is -0.876. The zero-order valence-electron chi connectivity index (χ0n) is 8.16. The fraction of sp³-hybridized carbons (Fsp3) is 0.778. The molecule has 1 unspecified atom stereocenters. The monoisotopic (exact) mass is 219 g/mol. The van der Waals surface area contributed by atoms with Gasteiger partial charge in [0.1, 0.15) is 11.9 Å². The normalized spacial score (nSPS) is 20.1. The summed E-state index contributed by atoms with van der Waals surface area (Å²) in [5.41, 5.74) is 0. The van der Waals surface area contributed by atoms with E-state index < -0.39 is 12.0 Å². The number of hydrogen-bond donors (Lipinski definition) is 0. The second kappa shape index (κ2) is 5.32. The summed E-state index contributed by atoms with van der Waals surface area (Å²) in [7, 11) is 0. The molecule has 0 aromatic carbocycles. The smallest absolute Gasteiger partial charge is 0.345 e. The molecule has 0 saturated carbocycles. The molecule has 0 N–H and O–H groups in total. The molecule has 4 nitrogen and oxygen atoms in total. The highest BCUT2D eigenvalue weighted by Crippen LogP contribution is 2.14. The van der Waals surface area contributed by atoms with E-state index in [1.807, 2.05) is 4.90 Å². The van der Waals surface area contributed by atoms with Crippen LogP contribution >= 0.6 is 11.9 Å². The van der Waals surface area contributed by atoms with Crippen LogP contribution in [-0.4, -0.2) is 35.8 Å². The SMILES string of the molecule is CC(=O)C(C(=O)OCl)N1CCCCC1. The van der Waals surface area contributed by atoms with Crippen molar-refractivity contribution in [2.75, 3.05) is 13.1 Å². The van der Waals surface area contributed by atoms with Crippen molar-refractivity contribution < 1.29 is 13.9 Å². The first-order valence-electron chi connectivity index (χ1n) is 4.73. The molecule has 14 heavy (non-hydrogen) atoms. The van der Waals surface area contributed by atoms with Crippen molar-refractivity contribution in [2.24, 2.45) is 0 Å². The van der Waals surface area contributed by atoms with Gasteiger partial charge in [-0.1, -0.05) is 6.42 Å². The summed E-state index contributed by atoms with van der Waals surface area (Å²) in [6.45, 7) is 2.90. The predicted molar refractivity (Wildman–Crippen MR) is 51.8 cm³/mol. The van der Waals surface area contributed by atoms with Gasteiger partial charge >= 0.3 is 5.97 Å². The largest absolute Gasteiger partial charge is 0.349 e. The van der Waals surface area contributed by atoms with E-state index >= 15 is 0 Å². The van der Waals surface area contributed by atoms with Gasteiger partial charge in [-0.15, -0.1) is 0 Å². The lowest BCUT2D eigenvalue weighted by atomic mass is 10.1. The van der Waals surface area contributed by atoms with Crippen molar-refractivity contribution in [1.82, 2.24) is 4.90 Å². The Labute approximate surface area is 88.3 Å². The molecule has 1 aliphatic rings. The molecule has 1 fully saturated rings. The van der Waals surface area contributed by atoms with Gasteiger partial charge in [0.15, 0.2) is 11.8 Å². The molecule has 0 aromatic heterocycles. The highest BCUT2D eigenvalue weighted by Gasteiger charge is 2.32. The van der Waals surface area contributed by atoms with Gasteiger partial charge < -0.3 is 4.29 Å². The third-order valence-corrected chi connectivity index (χ3v) is 2.59. The van der Waals surface area contributed by atoms with Crippen molar-refractivity contribution in [1.29, 1.82) is 0 Å². The van der Waals surface area contributed by atoms with Crippen molar-refractivity contribution in [3.8, 4) is 0 Å². The van der Waals surface area contributed by atoms with Crippen LogP contribution in [0.15, 0.2) is 0 Å². The number of likely N-dealkylation sites (tertiary alicyclic amines) is 1. The predicted octanol–water partition coefficient (Wildman–Crippen LogP) is 1.13. The van der Waals surface area contributed by atoms with Crippen LogP contribution in [0.4, 0.5) is 0 Å². The van der Waals surface area contributed by atoms with Gasteiger partial charge in [-0.25, -0.2) is 4.79 Å². The molecule has 5 heteroatoms. The number of hydrogen-bond acceptors (Lipinski definition) is 4. The van der Waals surface area contributed by atoms with Crippen molar-refractivity contribution in [3.05, 3.63) is 0 Å². The lowest BCUT2D eigenvalue weighted by Gasteiger charge is -2.30. The number of halogens is 1. The molecule has 0 radical (unpaired) electrons. The summed E-state index contributed by atoms with van der Waals surface area (Å²) in [6.07, 6.45) is 3.18. The zero-order chi connectivity index (χ0) is 10.6. The maximum Gasteiger partial charge on any atom is 0.349 e. The van der Waals surface area contributed by atoms with E-state index in [0.29, 0.717) is 0 Å². The third-order valence-electron chi connectivity index (χ3n) is 2.44. The molecule has 0 spiro atoms. The van der Waals surface area contributed by atoms with E-state index in [9.17, 15) is 9.59 Å². The van der Waals surface area contributed by atoms with E-state index in [4.69, 9.17) is 11.9 Å². The minimum Gasteiger partial charge on any atom is -0.345 e. The second-order valence-corrected chi connectivity index (χ2v) is 3.66. The van der Waals surface area contributed by atoms with Crippen LogP contribution in [0.3, 0.4) is 0 Å². The van der Waals surface area contributed by atoms with Crippen molar-refractivity contribution >= 4 is 23.6 Å². The Kier molecular flexibility index (Phi) is 4.35. The van der Waals surface area contributed by atoms with Gasteiger partial charge in [-0.2, -0.15) is 0 Å². The van der Waals surface area contributed by atoms with Crippen LogP contribution in [0, 0.1) is 0 Å². The summed E-state index contributed by atoms with van der Waals surface area (Å²) in [5, 5.41) is 0. The molecular formula is C9H14ClNO3. The van der Waals surface area contributed by atoms with Gasteiger partial charge in [0, 0.05) is 0 Å². The van der Waals surface area contributed by atoms with E-state index in [2.05, 4.69) is 4.29 Å². The maximum atomic E-state index is 11.2. The number of carbonyl (C=O) groups excluding carboxylic acids is 2. The van der Waals surface area contributed by atoms with Crippen molar-refractivity contribution in [3.63, 3.8) is 0 Å². The topological polar surface area (TPSA) is 46.6 Å². The summed E-state index contributed by atoms with van der Waals surface area (Å²) < 4.78 is 4.10. The van der Waals surface area contributed by atoms with E-state index in [-0.39, 0.29) is 5.78 Å². The van der Waals surface area contributed by atoms with E-state index in [0.717, 1.165) is 32.4 Å². The molecule has 1 atom stereocenters. The second-order valence-electron chi connectivity index (χ2n) is 3.51. The Morgan fingerprint density at radius 2 is 1.86 bits per heavy atom. The standard InChI is InChI=1S/C9H14ClNO3/c1-7(12)8(9(13)14-10)11-5-3-2-4-6-11/h8H,2-6H2,1H3. The Hall–Kier alpha value is -0.610. The summed E-state index contributed by atoms with van der Waals surface area (Å²) in [4.78, 5) is 24.3. The fourth-order valence-electron chi connectivity index (χ4n) is 1.79. The molecule has 1 aliphatic heterocycles. The fourth-order valence-corrected chi connectivity index (χ4v) is 1.88. The average Bonchev–Trinajstić information content (AvgIpc) is 2.19. The highest BCUT2D eigenvalue weighted by molar-refractivity contribution is 6.16. The highest BCUT2D eigenvalue weighted by atomic mass is 35.5. The van der Waals surface area contributed by atoms with E-state index in [1.165, 1.54) is 6.92 Å². The zero-order valence-corrected chi connectivity index (χ0v) is 8.92. The molecule has 0 amide bonds. The molecule has 1 heterocycles. The van der Waals surface area contributed by atoms with Gasteiger partial charge in [-0.3, -0.25) is 9.69 Å². The Morgan fingerprint density at radius 1 is 1.29 bits per heavy atom. The lowest BCUT2D eigenvalue weighted by molar-refractivity contribution is -0.145. The number of rotatable bonds is 3. The van der Waals surface area contributed by atoms with Crippen LogP contribution < -0.4 is 0 Å². The van der Waals surface area contributed by atoms with Gasteiger partial charge in [0.2, 0.25) is 0 Å². The Balaban J connectivity index is 2.65.